The Labute approximate surface area is 174 Å². The standard InChI is InChI=1S/C19H13Cl2F3N4O/c20-12-4-9(6-25)3-11(5-12)14-13(18(23)24)2-1-10(15(14)22)7-28-8-27-16(17(28)21)19(26)29/h1-5,18,27H,7-8H2,(H2,26,29). The van der Waals surface area contributed by atoms with Crippen molar-refractivity contribution in [2.75, 3.05) is 6.67 Å². The van der Waals surface area contributed by atoms with Gasteiger partial charge in [0.05, 0.1) is 18.3 Å². The van der Waals surface area contributed by atoms with Gasteiger partial charge in [0, 0.05) is 28.3 Å². The van der Waals surface area contributed by atoms with Gasteiger partial charge >= 0.3 is 0 Å². The van der Waals surface area contributed by atoms with Crippen molar-refractivity contribution in [1.29, 1.82) is 5.26 Å². The molecule has 1 amide bonds. The molecule has 5 nitrogen and oxygen atoms in total. The maximum atomic E-state index is 15.3. The number of carbonyl (C=O) groups is 1. The molecule has 0 saturated carbocycles. The summed E-state index contributed by atoms with van der Waals surface area (Å²) in [5, 5.41) is 11.9. The molecule has 150 valence electrons. The van der Waals surface area contributed by atoms with Crippen LogP contribution in [0.25, 0.3) is 11.1 Å². The molecular weight excluding hydrogens is 428 g/mol. The Morgan fingerprint density at radius 1 is 1.31 bits per heavy atom. The van der Waals surface area contributed by atoms with Crippen molar-refractivity contribution in [2.45, 2.75) is 13.0 Å². The van der Waals surface area contributed by atoms with Crippen LogP contribution >= 0.6 is 23.2 Å². The lowest BCUT2D eigenvalue weighted by atomic mass is 9.95. The number of nitrogens with zero attached hydrogens (tertiary/aromatic N) is 2. The van der Waals surface area contributed by atoms with E-state index in [1.807, 2.05) is 6.07 Å². The Hall–Kier alpha value is -2.89. The number of halogens is 5. The number of alkyl halides is 2. The first kappa shape index (κ1) is 20.8. The first-order valence-corrected chi connectivity index (χ1v) is 8.97. The minimum Gasteiger partial charge on any atom is -0.364 e. The Balaban J connectivity index is 2.09. The van der Waals surface area contributed by atoms with Crippen LogP contribution in [0.4, 0.5) is 13.2 Å². The number of benzene rings is 2. The summed E-state index contributed by atoms with van der Waals surface area (Å²) in [5.41, 5.74) is 4.54. The molecule has 3 rings (SSSR count). The average Bonchev–Trinajstić information content (AvgIpc) is 3.03. The predicted octanol–water partition coefficient (Wildman–Crippen LogP) is 4.21. The van der Waals surface area contributed by atoms with Gasteiger partial charge in [0.25, 0.3) is 12.3 Å². The highest BCUT2D eigenvalue weighted by atomic mass is 35.5. The maximum Gasteiger partial charge on any atom is 0.267 e. The van der Waals surface area contributed by atoms with Crippen LogP contribution in [0.3, 0.4) is 0 Å². The molecular formula is C19H13Cl2F3N4O. The van der Waals surface area contributed by atoms with E-state index in [9.17, 15) is 13.6 Å². The van der Waals surface area contributed by atoms with Crippen LogP contribution in [0.5, 0.6) is 0 Å². The summed E-state index contributed by atoms with van der Waals surface area (Å²) in [5.74, 6) is -1.67. The van der Waals surface area contributed by atoms with Gasteiger partial charge in [-0.1, -0.05) is 35.3 Å². The van der Waals surface area contributed by atoms with Crippen LogP contribution in [0.2, 0.25) is 5.02 Å². The lowest BCUT2D eigenvalue weighted by Gasteiger charge is -2.20. The Kier molecular flexibility index (Phi) is 5.91. The highest BCUT2D eigenvalue weighted by Gasteiger charge is 2.27. The Morgan fingerprint density at radius 3 is 2.62 bits per heavy atom. The third kappa shape index (κ3) is 4.11. The summed E-state index contributed by atoms with van der Waals surface area (Å²) in [7, 11) is 0. The van der Waals surface area contributed by atoms with E-state index in [1.165, 1.54) is 29.2 Å². The van der Waals surface area contributed by atoms with Gasteiger partial charge in [0.15, 0.2) is 0 Å². The normalized spacial score (nSPS) is 13.6. The third-order valence-electron chi connectivity index (χ3n) is 4.34. The molecule has 1 heterocycles. The molecule has 0 fully saturated rings. The van der Waals surface area contributed by atoms with Crippen LogP contribution in [0.1, 0.15) is 23.1 Å². The molecule has 29 heavy (non-hydrogen) atoms. The SMILES string of the molecule is N#Cc1cc(Cl)cc(-c2c(C(F)F)ccc(CN3CNC(C(N)=O)=C3Cl)c2F)c1. The molecule has 2 aromatic carbocycles. The minimum absolute atomic E-state index is 0.00547. The second-order valence-corrected chi connectivity index (χ2v) is 7.00. The van der Waals surface area contributed by atoms with Crippen molar-refractivity contribution in [3.8, 4) is 17.2 Å². The minimum atomic E-state index is -2.95. The van der Waals surface area contributed by atoms with Crippen LogP contribution in [-0.4, -0.2) is 17.5 Å². The fraction of sp³-hybridized carbons (Fsp3) is 0.158. The van der Waals surface area contributed by atoms with Crippen molar-refractivity contribution >= 4 is 29.1 Å². The van der Waals surface area contributed by atoms with Gasteiger partial charge in [0.2, 0.25) is 0 Å². The van der Waals surface area contributed by atoms with E-state index in [4.69, 9.17) is 34.2 Å². The molecule has 0 aliphatic carbocycles. The Bertz CT molecular complexity index is 1070. The van der Waals surface area contributed by atoms with Gasteiger partial charge in [-0.15, -0.1) is 0 Å². The number of nitrogens with one attached hydrogen (secondary N) is 1. The molecule has 3 N–H and O–H groups in total. The Morgan fingerprint density at radius 2 is 2.03 bits per heavy atom. The number of amides is 1. The highest BCUT2D eigenvalue weighted by molar-refractivity contribution is 6.31. The van der Waals surface area contributed by atoms with E-state index in [1.54, 1.807) is 0 Å². The van der Waals surface area contributed by atoms with Crippen molar-refractivity contribution in [3.63, 3.8) is 0 Å². The average molecular weight is 441 g/mol. The zero-order valence-corrected chi connectivity index (χ0v) is 16.2. The van der Waals surface area contributed by atoms with Crippen molar-refractivity contribution in [3.05, 3.63) is 68.7 Å². The van der Waals surface area contributed by atoms with E-state index in [0.717, 1.165) is 6.07 Å². The number of hydrogen-bond donors (Lipinski definition) is 2. The molecule has 1 aliphatic rings. The van der Waals surface area contributed by atoms with Crippen LogP contribution < -0.4 is 11.1 Å². The molecule has 0 bridgehead atoms. The van der Waals surface area contributed by atoms with E-state index >= 15 is 4.39 Å². The molecule has 0 spiro atoms. The largest absolute Gasteiger partial charge is 0.364 e. The van der Waals surface area contributed by atoms with Gasteiger partial charge in [0.1, 0.15) is 16.7 Å². The molecule has 2 aromatic rings. The molecule has 10 heteroatoms. The number of carbonyl (C=O) groups excluding carboxylic acids is 1. The zero-order valence-electron chi connectivity index (χ0n) is 14.6. The summed E-state index contributed by atoms with van der Waals surface area (Å²) in [6, 6.07) is 8.15. The zero-order chi connectivity index (χ0) is 21.3. The predicted molar refractivity (Wildman–Crippen MR) is 102 cm³/mol. The van der Waals surface area contributed by atoms with E-state index in [-0.39, 0.29) is 51.3 Å². The summed E-state index contributed by atoms with van der Waals surface area (Å²) < 4.78 is 42.4. The van der Waals surface area contributed by atoms with Gasteiger partial charge in [-0.25, -0.2) is 13.2 Å². The van der Waals surface area contributed by atoms with Gasteiger partial charge in [-0.05, 0) is 23.8 Å². The second kappa shape index (κ2) is 8.23. The number of hydrogen-bond acceptors (Lipinski definition) is 4. The molecule has 0 aromatic heterocycles. The fourth-order valence-corrected chi connectivity index (χ4v) is 3.54. The molecule has 1 aliphatic heterocycles. The van der Waals surface area contributed by atoms with Gasteiger partial charge in [-0.3, -0.25) is 4.79 Å². The number of rotatable bonds is 5. The molecule has 0 unspecified atom stereocenters. The number of nitriles is 1. The van der Waals surface area contributed by atoms with E-state index in [0.29, 0.717) is 0 Å². The molecule has 0 saturated heterocycles. The summed E-state index contributed by atoms with van der Waals surface area (Å²) in [4.78, 5) is 12.8. The molecule has 0 radical (unpaired) electrons. The second-order valence-electron chi connectivity index (χ2n) is 6.21. The third-order valence-corrected chi connectivity index (χ3v) is 4.99. The topological polar surface area (TPSA) is 82.2 Å². The monoisotopic (exact) mass is 440 g/mol. The van der Waals surface area contributed by atoms with Crippen molar-refractivity contribution in [1.82, 2.24) is 10.2 Å². The number of nitrogens with two attached hydrogens (primary N) is 1. The van der Waals surface area contributed by atoms with Crippen LogP contribution in [-0.2, 0) is 11.3 Å². The van der Waals surface area contributed by atoms with Crippen LogP contribution in [0.15, 0.2) is 41.2 Å². The lowest BCUT2D eigenvalue weighted by molar-refractivity contribution is -0.114. The first-order chi connectivity index (χ1) is 13.7. The summed E-state index contributed by atoms with van der Waals surface area (Å²) in [6.07, 6.45) is -2.95. The molecule has 0 atom stereocenters. The van der Waals surface area contributed by atoms with E-state index in [2.05, 4.69) is 5.32 Å². The fourth-order valence-electron chi connectivity index (χ4n) is 3.02. The first-order valence-electron chi connectivity index (χ1n) is 8.21. The highest BCUT2D eigenvalue weighted by Crippen LogP contribution is 2.37. The maximum absolute atomic E-state index is 15.3. The van der Waals surface area contributed by atoms with Crippen molar-refractivity contribution in [2.24, 2.45) is 5.73 Å². The summed E-state index contributed by atoms with van der Waals surface area (Å²) in [6.45, 7) is -0.00510. The smallest absolute Gasteiger partial charge is 0.267 e. The van der Waals surface area contributed by atoms with Crippen LogP contribution in [0, 0.1) is 17.1 Å². The quantitative estimate of drug-likeness (QED) is 0.682. The van der Waals surface area contributed by atoms with E-state index < -0.39 is 23.7 Å². The van der Waals surface area contributed by atoms with Gasteiger partial charge in [-0.2, -0.15) is 5.26 Å². The van der Waals surface area contributed by atoms with Gasteiger partial charge < -0.3 is 16.0 Å². The summed E-state index contributed by atoms with van der Waals surface area (Å²) >= 11 is 12.0. The van der Waals surface area contributed by atoms with Crippen molar-refractivity contribution < 1.29 is 18.0 Å². The number of primary amides is 1. The lowest BCUT2D eigenvalue weighted by Crippen LogP contribution is -2.25.